The van der Waals surface area contributed by atoms with Gasteiger partial charge in [0.2, 0.25) is 0 Å². The molecule has 104 valence electrons. The van der Waals surface area contributed by atoms with Crippen molar-refractivity contribution in [3.63, 3.8) is 0 Å². The second kappa shape index (κ2) is 6.53. The van der Waals surface area contributed by atoms with E-state index < -0.39 is 0 Å². The van der Waals surface area contributed by atoms with Crippen LogP contribution in [0.4, 0.5) is 0 Å². The van der Waals surface area contributed by atoms with Crippen LogP contribution in [0.3, 0.4) is 0 Å². The van der Waals surface area contributed by atoms with Crippen LogP contribution < -0.4 is 0 Å². The average molecular weight is 326 g/mol. The molecule has 2 rings (SSSR count). The minimum Gasteiger partial charge on any atom is -0.376 e. The second-order valence-corrected chi connectivity index (χ2v) is 6.01. The fraction of sp³-hybridized carbons (Fsp3) is 0.533. The number of nitrogens with zero attached hydrogens (tertiary/aromatic N) is 1. The van der Waals surface area contributed by atoms with E-state index in [4.69, 9.17) is 4.74 Å². The van der Waals surface area contributed by atoms with Crippen molar-refractivity contribution >= 4 is 21.8 Å². The summed E-state index contributed by atoms with van der Waals surface area (Å²) < 4.78 is 6.53. The topological polar surface area (TPSA) is 29.5 Å². The molecule has 1 fully saturated rings. The highest BCUT2D eigenvalue weighted by atomic mass is 79.9. The lowest BCUT2D eigenvalue weighted by Gasteiger charge is -2.27. The summed E-state index contributed by atoms with van der Waals surface area (Å²) in [5.41, 5.74) is 1.81. The van der Waals surface area contributed by atoms with Gasteiger partial charge in [-0.15, -0.1) is 0 Å². The van der Waals surface area contributed by atoms with Crippen LogP contribution in [0.25, 0.3) is 0 Å². The number of aryl methyl sites for hydroxylation is 1. The average Bonchev–Trinajstić information content (AvgIpc) is 2.42. The zero-order valence-electron chi connectivity index (χ0n) is 11.5. The molecule has 0 spiro atoms. The van der Waals surface area contributed by atoms with Crippen LogP contribution in [0.15, 0.2) is 22.7 Å². The number of benzene rings is 1. The summed E-state index contributed by atoms with van der Waals surface area (Å²) in [6, 6.07) is 5.84. The number of likely N-dealkylation sites (N-methyl/N-ethyl adjacent to an activating group) is 1. The Balaban J connectivity index is 2.03. The molecule has 0 aromatic heterocycles. The molecule has 0 saturated carbocycles. The van der Waals surface area contributed by atoms with Crippen LogP contribution in [0.5, 0.6) is 0 Å². The van der Waals surface area contributed by atoms with Gasteiger partial charge in [0, 0.05) is 24.7 Å². The normalized spacial score (nSPS) is 19.2. The van der Waals surface area contributed by atoms with Crippen LogP contribution in [0.2, 0.25) is 0 Å². The van der Waals surface area contributed by atoms with Crippen molar-refractivity contribution < 1.29 is 9.53 Å². The van der Waals surface area contributed by atoms with Crippen molar-refractivity contribution in [2.24, 2.45) is 0 Å². The molecule has 4 heteroatoms. The maximum absolute atomic E-state index is 12.4. The van der Waals surface area contributed by atoms with Crippen molar-refractivity contribution in [1.82, 2.24) is 4.90 Å². The standard InChI is InChI=1S/C15H20BrNO2/c1-11-6-7-14(16)13(9-11)15(18)17(2)10-12-5-3-4-8-19-12/h6-7,9,12H,3-5,8,10H2,1-2H3. The van der Waals surface area contributed by atoms with Gasteiger partial charge < -0.3 is 9.64 Å². The molecule has 1 saturated heterocycles. The smallest absolute Gasteiger partial charge is 0.254 e. The van der Waals surface area contributed by atoms with Crippen LogP contribution in [-0.2, 0) is 4.74 Å². The summed E-state index contributed by atoms with van der Waals surface area (Å²) in [5.74, 6) is 0.0461. The van der Waals surface area contributed by atoms with Crippen LogP contribution in [-0.4, -0.2) is 37.1 Å². The predicted octanol–water partition coefficient (Wildman–Crippen LogP) is 3.40. The Morgan fingerprint density at radius 3 is 2.95 bits per heavy atom. The Morgan fingerprint density at radius 2 is 2.26 bits per heavy atom. The molecule has 1 unspecified atom stereocenters. The number of amides is 1. The third-order valence-corrected chi connectivity index (χ3v) is 4.14. The summed E-state index contributed by atoms with van der Waals surface area (Å²) in [7, 11) is 1.84. The summed E-state index contributed by atoms with van der Waals surface area (Å²) in [5, 5.41) is 0. The van der Waals surface area contributed by atoms with Gasteiger partial charge in [0.15, 0.2) is 0 Å². The lowest BCUT2D eigenvalue weighted by molar-refractivity contribution is -0.000205. The highest BCUT2D eigenvalue weighted by molar-refractivity contribution is 9.10. The number of rotatable bonds is 3. The van der Waals surface area contributed by atoms with Crippen molar-refractivity contribution in [1.29, 1.82) is 0 Å². The molecular formula is C15H20BrNO2. The lowest BCUT2D eigenvalue weighted by Crippen LogP contribution is -2.37. The maximum Gasteiger partial charge on any atom is 0.254 e. The van der Waals surface area contributed by atoms with E-state index in [1.54, 1.807) is 4.90 Å². The zero-order chi connectivity index (χ0) is 13.8. The molecule has 1 aromatic carbocycles. The number of carbonyl (C=O) groups is 1. The SMILES string of the molecule is Cc1ccc(Br)c(C(=O)N(C)CC2CCCCO2)c1. The van der Waals surface area contributed by atoms with Crippen LogP contribution >= 0.6 is 15.9 Å². The van der Waals surface area contributed by atoms with Gasteiger partial charge in [0.05, 0.1) is 11.7 Å². The second-order valence-electron chi connectivity index (χ2n) is 5.16. The van der Waals surface area contributed by atoms with E-state index in [-0.39, 0.29) is 12.0 Å². The molecule has 1 aromatic rings. The number of carbonyl (C=O) groups excluding carboxylic acids is 1. The first-order valence-electron chi connectivity index (χ1n) is 6.71. The molecule has 0 bridgehead atoms. The van der Waals surface area contributed by atoms with Crippen molar-refractivity contribution in [3.8, 4) is 0 Å². The fourth-order valence-electron chi connectivity index (χ4n) is 2.35. The number of halogens is 1. The Labute approximate surface area is 123 Å². The number of hydrogen-bond acceptors (Lipinski definition) is 2. The van der Waals surface area contributed by atoms with Gasteiger partial charge in [-0.3, -0.25) is 4.79 Å². The van der Waals surface area contributed by atoms with E-state index >= 15 is 0 Å². The molecule has 3 nitrogen and oxygen atoms in total. The minimum absolute atomic E-state index is 0.0461. The van der Waals surface area contributed by atoms with Crippen molar-refractivity contribution in [3.05, 3.63) is 33.8 Å². The third kappa shape index (κ3) is 3.80. The first-order valence-corrected chi connectivity index (χ1v) is 7.50. The van der Waals surface area contributed by atoms with Gasteiger partial charge in [-0.1, -0.05) is 11.6 Å². The van der Waals surface area contributed by atoms with E-state index in [1.807, 2.05) is 32.2 Å². The van der Waals surface area contributed by atoms with E-state index in [9.17, 15) is 4.79 Å². The van der Waals surface area contributed by atoms with Gasteiger partial charge in [0.1, 0.15) is 0 Å². The summed E-state index contributed by atoms with van der Waals surface area (Å²) in [6.45, 7) is 3.48. The molecule has 19 heavy (non-hydrogen) atoms. The zero-order valence-corrected chi connectivity index (χ0v) is 13.1. The quantitative estimate of drug-likeness (QED) is 0.852. The molecule has 1 aliphatic heterocycles. The highest BCUT2D eigenvalue weighted by Crippen LogP contribution is 2.20. The summed E-state index contributed by atoms with van der Waals surface area (Å²) in [6.07, 6.45) is 3.57. The van der Waals surface area contributed by atoms with E-state index in [0.29, 0.717) is 6.54 Å². The fourth-order valence-corrected chi connectivity index (χ4v) is 2.76. The first kappa shape index (κ1) is 14.5. The predicted molar refractivity (Wildman–Crippen MR) is 79.4 cm³/mol. The Hall–Kier alpha value is -0.870. The monoisotopic (exact) mass is 325 g/mol. The third-order valence-electron chi connectivity index (χ3n) is 3.45. The number of hydrogen-bond donors (Lipinski definition) is 0. The summed E-state index contributed by atoms with van der Waals surface area (Å²) in [4.78, 5) is 14.2. The number of ether oxygens (including phenoxy) is 1. The van der Waals surface area contributed by atoms with Crippen molar-refractivity contribution in [2.45, 2.75) is 32.3 Å². The Bertz CT molecular complexity index is 455. The largest absolute Gasteiger partial charge is 0.376 e. The lowest BCUT2D eigenvalue weighted by atomic mass is 10.1. The van der Waals surface area contributed by atoms with Gasteiger partial charge in [-0.25, -0.2) is 0 Å². The van der Waals surface area contributed by atoms with E-state index in [2.05, 4.69) is 15.9 Å². The van der Waals surface area contributed by atoms with Gasteiger partial charge in [-0.05, 0) is 54.2 Å². The van der Waals surface area contributed by atoms with Crippen molar-refractivity contribution in [2.75, 3.05) is 20.2 Å². The Kier molecular flexibility index (Phi) is 4.99. The van der Waals surface area contributed by atoms with Gasteiger partial charge in [-0.2, -0.15) is 0 Å². The molecule has 0 aliphatic carbocycles. The molecule has 1 aliphatic rings. The molecule has 1 amide bonds. The first-order chi connectivity index (χ1) is 9.08. The highest BCUT2D eigenvalue weighted by Gasteiger charge is 2.21. The maximum atomic E-state index is 12.4. The van der Waals surface area contributed by atoms with E-state index in [1.165, 1.54) is 6.42 Å². The molecule has 1 atom stereocenters. The molecule has 0 N–H and O–H groups in total. The van der Waals surface area contributed by atoms with Gasteiger partial charge in [0.25, 0.3) is 5.91 Å². The molecule has 0 radical (unpaired) electrons. The molecule has 1 heterocycles. The minimum atomic E-state index is 0.0461. The Morgan fingerprint density at radius 1 is 1.47 bits per heavy atom. The van der Waals surface area contributed by atoms with E-state index in [0.717, 1.165) is 35.0 Å². The van der Waals surface area contributed by atoms with Crippen LogP contribution in [0.1, 0.15) is 35.2 Å². The summed E-state index contributed by atoms with van der Waals surface area (Å²) >= 11 is 3.45. The molecular weight excluding hydrogens is 306 g/mol. The van der Waals surface area contributed by atoms with Gasteiger partial charge >= 0.3 is 0 Å². The van der Waals surface area contributed by atoms with Crippen LogP contribution in [0, 0.1) is 6.92 Å².